The molecule has 2 nitrogen and oxygen atoms in total. The maximum Gasteiger partial charge on any atom is 0.122 e. The Morgan fingerprint density at radius 1 is 1.05 bits per heavy atom. The third-order valence-electron chi connectivity index (χ3n) is 2.64. The maximum absolute atomic E-state index is 6.04. The molecule has 0 aliphatic carbocycles. The van der Waals surface area contributed by atoms with E-state index < -0.39 is 0 Å². The normalized spacial score (nSPS) is 9.79. The van der Waals surface area contributed by atoms with Crippen molar-refractivity contribution in [1.29, 1.82) is 0 Å². The molecule has 0 unspecified atom stereocenters. The zero-order valence-corrected chi connectivity index (χ0v) is 12.1. The molecule has 19 heavy (non-hydrogen) atoms. The first-order chi connectivity index (χ1) is 8.79. The predicted octanol–water partition coefficient (Wildman–Crippen LogP) is 3.69. The summed E-state index contributed by atoms with van der Waals surface area (Å²) in [5, 5.41) is 0.723. The van der Waals surface area contributed by atoms with Gasteiger partial charge in [-0.15, -0.1) is 12.4 Å². The highest BCUT2D eigenvalue weighted by atomic mass is 35.5. The second-order valence-corrected chi connectivity index (χ2v) is 4.49. The number of halogens is 2. The summed E-state index contributed by atoms with van der Waals surface area (Å²) in [5.41, 5.74) is 7.78. The van der Waals surface area contributed by atoms with Crippen LogP contribution in [0.4, 0.5) is 0 Å². The van der Waals surface area contributed by atoms with E-state index >= 15 is 0 Å². The lowest BCUT2D eigenvalue weighted by atomic mass is 10.0. The van der Waals surface area contributed by atoms with Crippen LogP contribution in [0.15, 0.2) is 48.5 Å². The minimum absolute atomic E-state index is 0. The van der Waals surface area contributed by atoms with Crippen molar-refractivity contribution in [2.24, 2.45) is 5.73 Å². The van der Waals surface area contributed by atoms with Crippen LogP contribution in [0.3, 0.4) is 0 Å². The van der Waals surface area contributed by atoms with Crippen LogP contribution in [0.1, 0.15) is 11.1 Å². The molecule has 0 fully saturated rings. The van der Waals surface area contributed by atoms with Gasteiger partial charge in [0.25, 0.3) is 0 Å². The van der Waals surface area contributed by atoms with Gasteiger partial charge in [-0.3, -0.25) is 0 Å². The molecule has 0 radical (unpaired) electrons. The van der Waals surface area contributed by atoms with Gasteiger partial charge in [0.1, 0.15) is 12.4 Å². The Labute approximate surface area is 124 Å². The molecule has 0 saturated carbocycles. The monoisotopic (exact) mass is 297 g/mol. The third kappa shape index (κ3) is 4.75. The fourth-order valence-corrected chi connectivity index (χ4v) is 2.01. The number of benzene rings is 2. The zero-order chi connectivity index (χ0) is 12.8. The Hall–Kier alpha value is -1.22. The van der Waals surface area contributed by atoms with Gasteiger partial charge in [0.2, 0.25) is 0 Å². The van der Waals surface area contributed by atoms with Gasteiger partial charge in [-0.25, -0.2) is 0 Å². The molecule has 0 atom stereocenters. The van der Waals surface area contributed by atoms with Gasteiger partial charge in [0, 0.05) is 18.0 Å². The molecule has 2 aromatic rings. The van der Waals surface area contributed by atoms with Crippen molar-refractivity contribution < 1.29 is 4.74 Å². The molecule has 102 valence electrons. The molecule has 0 heterocycles. The molecule has 0 bridgehead atoms. The Bertz CT molecular complexity index is 503. The van der Waals surface area contributed by atoms with E-state index in [1.54, 1.807) is 0 Å². The Kier molecular flexibility index (Phi) is 6.71. The maximum atomic E-state index is 6.04. The van der Waals surface area contributed by atoms with E-state index in [0.29, 0.717) is 13.2 Å². The Balaban J connectivity index is 0.00000180. The predicted molar refractivity (Wildman–Crippen MR) is 82.5 cm³/mol. The average molecular weight is 298 g/mol. The molecule has 4 heteroatoms. The van der Waals surface area contributed by atoms with Gasteiger partial charge in [-0.2, -0.15) is 0 Å². The van der Waals surface area contributed by atoms with Crippen LogP contribution < -0.4 is 10.5 Å². The Morgan fingerprint density at radius 2 is 1.79 bits per heavy atom. The SMILES string of the molecule is Cl.NCCOc1ccc(Cl)cc1Cc1ccccc1. The van der Waals surface area contributed by atoms with Crippen LogP contribution in [0.5, 0.6) is 5.75 Å². The average Bonchev–Trinajstić information content (AvgIpc) is 2.39. The van der Waals surface area contributed by atoms with E-state index in [9.17, 15) is 0 Å². The van der Waals surface area contributed by atoms with Crippen molar-refractivity contribution in [1.82, 2.24) is 0 Å². The molecule has 0 aliphatic rings. The van der Waals surface area contributed by atoms with Crippen LogP contribution in [-0.4, -0.2) is 13.2 Å². The van der Waals surface area contributed by atoms with E-state index in [1.807, 2.05) is 36.4 Å². The summed E-state index contributed by atoms with van der Waals surface area (Å²) < 4.78 is 5.63. The molecule has 2 N–H and O–H groups in total. The fraction of sp³-hybridized carbons (Fsp3) is 0.200. The number of nitrogens with two attached hydrogens (primary N) is 1. The van der Waals surface area contributed by atoms with Gasteiger partial charge in [0.05, 0.1) is 0 Å². The molecule has 0 spiro atoms. The van der Waals surface area contributed by atoms with E-state index in [-0.39, 0.29) is 12.4 Å². The summed E-state index contributed by atoms with van der Waals surface area (Å²) in [5.74, 6) is 0.855. The van der Waals surface area contributed by atoms with Crippen LogP contribution in [0.2, 0.25) is 5.02 Å². The highest BCUT2D eigenvalue weighted by Crippen LogP contribution is 2.25. The van der Waals surface area contributed by atoms with Gasteiger partial charge in [0.15, 0.2) is 0 Å². The first kappa shape index (κ1) is 15.8. The molecular weight excluding hydrogens is 281 g/mol. The summed E-state index contributed by atoms with van der Waals surface area (Å²) in [7, 11) is 0. The topological polar surface area (TPSA) is 35.2 Å². The lowest BCUT2D eigenvalue weighted by Crippen LogP contribution is -2.11. The highest BCUT2D eigenvalue weighted by Gasteiger charge is 2.05. The van der Waals surface area contributed by atoms with Gasteiger partial charge in [-0.1, -0.05) is 41.9 Å². The van der Waals surface area contributed by atoms with E-state index in [1.165, 1.54) is 5.56 Å². The highest BCUT2D eigenvalue weighted by molar-refractivity contribution is 6.30. The second-order valence-electron chi connectivity index (χ2n) is 4.05. The van der Waals surface area contributed by atoms with Crippen LogP contribution in [-0.2, 0) is 6.42 Å². The van der Waals surface area contributed by atoms with Crippen molar-refractivity contribution in [3.8, 4) is 5.75 Å². The van der Waals surface area contributed by atoms with Gasteiger partial charge in [-0.05, 0) is 29.3 Å². The first-order valence-electron chi connectivity index (χ1n) is 5.95. The summed E-state index contributed by atoms with van der Waals surface area (Å²) in [6.07, 6.45) is 0.807. The summed E-state index contributed by atoms with van der Waals surface area (Å²) >= 11 is 6.04. The summed E-state index contributed by atoms with van der Waals surface area (Å²) in [6, 6.07) is 15.9. The Morgan fingerprint density at radius 3 is 2.47 bits per heavy atom. The van der Waals surface area contributed by atoms with Crippen LogP contribution >= 0.6 is 24.0 Å². The minimum atomic E-state index is 0. The summed E-state index contributed by atoms with van der Waals surface area (Å²) in [4.78, 5) is 0. The van der Waals surface area contributed by atoms with Gasteiger partial charge < -0.3 is 10.5 Å². The third-order valence-corrected chi connectivity index (χ3v) is 2.87. The van der Waals surface area contributed by atoms with Crippen molar-refractivity contribution >= 4 is 24.0 Å². The first-order valence-corrected chi connectivity index (χ1v) is 6.32. The number of rotatable bonds is 5. The molecule has 2 aromatic carbocycles. The quantitative estimate of drug-likeness (QED) is 0.913. The minimum Gasteiger partial charge on any atom is -0.492 e. The molecule has 0 saturated heterocycles. The molecule has 0 aliphatic heterocycles. The largest absolute Gasteiger partial charge is 0.492 e. The molecule has 0 amide bonds. The standard InChI is InChI=1S/C15H16ClNO.ClH/c16-14-6-7-15(18-9-8-17)13(11-14)10-12-4-2-1-3-5-12;/h1-7,11H,8-10,17H2;1H. The zero-order valence-electron chi connectivity index (χ0n) is 10.5. The molecule has 0 aromatic heterocycles. The van der Waals surface area contributed by atoms with E-state index in [4.69, 9.17) is 22.1 Å². The fourth-order valence-electron chi connectivity index (χ4n) is 1.81. The molecular formula is C15H17Cl2NO. The van der Waals surface area contributed by atoms with Gasteiger partial charge >= 0.3 is 0 Å². The van der Waals surface area contributed by atoms with Crippen molar-refractivity contribution in [3.63, 3.8) is 0 Å². The number of hydrogen-bond donors (Lipinski definition) is 1. The van der Waals surface area contributed by atoms with E-state index in [0.717, 1.165) is 22.8 Å². The lowest BCUT2D eigenvalue weighted by Gasteiger charge is -2.11. The number of hydrogen-bond acceptors (Lipinski definition) is 2. The second kappa shape index (κ2) is 8.05. The van der Waals surface area contributed by atoms with Crippen molar-refractivity contribution in [2.75, 3.05) is 13.2 Å². The smallest absolute Gasteiger partial charge is 0.122 e. The lowest BCUT2D eigenvalue weighted by molar-refractivity contribution is 0.325. The van der Waals surface area contributed by atoms with Crippen LogP contribution in [0.25, 0.3) is 0 Å². The number of ether oxygens (including phenoxy) is 1. The molecule has 2 rings (SSSR count). The summed E-state index contributed by atoms with van der Waals surface area (Å²) in [6.45, 7) is 1.02. The van der Waals surface area contributed by atoms with E-state index in [2.05, 4.69) is 12.1 Å². The van der Waals surface area contributed by atoms with Crippen molar-refractivity contribution in [3.05, 3.63) is 64.7 Å². The van der Waals surface area contributed by atoms with Crippen molar-refractivity contribution in [2.45, 2.75) is 6.42 Å². The van der Waals surface area contributed by atoms with Crippen LogP contribution in [0, 0.1) is 0 Å².